The van der Waals surface area contributed by atoms with E-state index in [0.717, 1.165) is 44.4 Å². The number of nitriles is 1. The van der Waals surface area contributed by atoms with Gasteiger partial charge >= 0.3 is 0 Å². The maximum absolute atomic E-state index is 10.8. The molecule has 0 aromatic heterocycles. The van der Waals surface area contributed by atoms with Crippen molar-refractivity contribution in [1.29, 1.82) is 5.26 Å². The van der Waals surface area contributed by atoms with E-state index in [-0.39, 0.29) is 0 Å². The topological polar surface area (TPSA) is 44.0 Å². The van der Waals surface area contributed by atoms with E-state index in [9.17, 15) is 10.4 Å². The maximum Gasteiger partial charge on any atom is 0.0835 e. The highest BCUT2D eigenvalue weighted by Crippen LogP contribution is 2.47. The van der Waals surface area contributed by atoms with E-state index in [1.54, 1.807) is 0 Å². The zero-order valence-corrected chi connectivity index (χ0v) is 13.5. The summed E-state index contributed by atoms with van der Waals surface area (Å²) in [7, 11) is 0. The first-order valence-electron chi connectivity index (χ1n) is 8.48. The molecule has 20 heavy (non-hydrogen) atoms. The second-order valence-corrected chi connectivity index (χ2v) is 8.25. The molecule has 0 aliphatic heterocycles. The van der Waals surface area contributed by atoms with Crippen LogP contribution in [0.1, 0.15) is 78.6 Å². The SMILES string of the molecule is CC(C)(C)C1CCC(C(O)C2(C#N)CCCCC2)CC1. The van der Waals surface area contributed by atoms with Gasteiger partial charge in [-0.15, -0.1) is 0 Å². The van der Waals surface area contributed by atoms with Crippen LogP contribution in [0.5, 0.6) is 0 Å². The van der Waals surface area contributed by atoms with Gasteiger partial charge in [-0.1, -0.05) is 40.0 Å². The molecule has 2 saturated carbocycles. The summed E-state index contributed by atoms with van der Waals surface area (Å²) in [6.45, 7) is 6.98. The fourth-order valence-corrected chi connectivity index (χ4v) is 4.41. The molecule has 2 nitrogen and oxygen atoms in total. The molecule has 0 aromatic carbocycles. The number of aliphatic hydroxyl groups excluding tert-OH is 1. The lowest BCUT2D eigenvalue weighted by Crippen LogP contribution is -2.43. The average molecular weight is 277 g/mol. The molecule has 2 aliphatic rings. The predicted molar refractivity (Wildman–Crippen MR) is 82.0 cm³/mol. The first kappa shape index (κ1) is 15.8. The molecule has 1 unspecified atom stereocenters. The van der Waals surface area contributed by atoms with Crippen molar-refractivity contribution in [1.82, 2.24) is 0 Å². The minimum absolute atomic E-state index is 0.353. The van der Waals surface area contributed by atoms with Gasteiger partial charge < -0.3 is 5.11 Å². The molecule has 2 rings (SSSR count). The van der Waals surface area contributed by atoms with Crippen molar-refractivity contribution in [2.75, 3.05) is 0 Å². The quantitative estimate of drug-likeness (QED) is 0.797. The van der Waals surface area contributed by atoms with Gasteiger partial charge in [-0.3, -0.25) is 0 Å². The summed E-state index contributed by atoms with van der Waals surface area (Å²) in [5.41, 5.74) is -0.0504. The van der Waals surface area contributed by atoms with E-state index in [0.29, 0.717) is 11.3 Å². The number of hydrogen-bond acceptors (Lipinski definition) is 2. The van der Waals surface area contributed by atoms with Crippen LogP contribution in [-0.2, 0) is 0 Å². The lowest BCUT2D eigenvalue weighted by Gasteiger charge is -2.43. The van der Waals surface area contributed by atoms with Crippen LogP contribution in [-0.4, -0.2) is 11.2 Å². The lowest BCUT2D eigenvalue weighted by molar-refractivity contribution is -0.0300. The predicted octanol–water partition coefficient (Wildman–Crippen LogP) is 4.67. The Morgan fingerprint density at radius 2 is 1.60 bits per heavy atom. The second kappa shape index (κ2) is 6.06. The summed E-state index contributed by atoms with van der Waals surface area (Å²) in [5.74, 6) is 1.13. The van der Waals surface area contributed by atoms with Crippen molar-refractivity contribution in [2.45, 2.75) is 84.7 Å². The third-order valence-electron chi connectivity index (χ3n) is 5.98. The number of hydrogen-bond donors (Lipinski definition) is 1. The number of nitrogens with zero attached hydrogens (tertiary/aromatic N) is 1. The molecular weight excluding hydrogens is 246 g/mol. The van der Waals surface area contributed by atoms with E-state index in [1.807, 2.05) is 0 Å². The Morgan fingerprint density at radius 1 is 1.05 bits per heavy atom. The van der Waals surface area contributed by atoms with Gasteiger partial charge in [-0.2, -0.15) is 5.26 Å². The first-order valence-corrected chi connectivity index (χ1v) is 8.48. The van der Waals surface area contributed by atoms with Crippen LogP contribution in [0.25, 0.3) is 0 Å². The summed E-state index contributed by atoms with van der Waals surface area (Å²) in [6, 6.07) is 2.51. The van der Waals surface area contributed by atoms with Gasteiger partial charge in [0.05, 0.1) is 17.6 Å². The highest BCUT2D eigenvalue weighted by Gasteiger charge is 2.44. The van der Waals surface area contributed by atoms with Crippen LogP contribution in [0.3, 0.4) is 0 Å². The van der Waals surface area contributed by atoms with Gasteiger partial charge in [-0.05, 0) is 55.8 Å². The van der Waals surface area contributed by atoms with Gasteiger partial charge in [0.2, 0.25) is 0 Å². The normalized spacial score (nSPS) is 32.4. The fourth-order valence-electron chi connectivity index (χ4n) is 4.41. The molecule has 0 saturated heterocycles. The second-order valence-electron chi connectivity index (χ2n) is 8.25. The molecule has 2 aliphatic carbocycles. The smallest absolute Gasteiger partial charge is 0.0835 e. The zero-order valence-electron chi connectivity index (χ0n) is 13.5. The first-order chi connectivity index (χ1) is 9.39. The molecule has 0 bridgehead atoms. The highest BCUT2D eigenvalue weighted by atomic mass is 16.3. The van der Waals surface area contributed by atoms with Gasteiger partial charge in [0, 0.05) is 0 Å². The molecule has 1 atom stereocenters. The monoisotopic (exact) mass is 277 g/mol. The Labute approximate surface area is 124 Å². The lowest BCUT2D eigenvalue weighted by atomic mass is 9.62. The minimum atomic E-state index is -0.433. The third-order valence-corrected chi connectivity index (χ3v) is 5.98. The summed E-state index contributed by atoms with van der Waals surface area (Å²) < 4.78 is 0. The van der Waals surface area contributed by atoms with Crippen molar-refractivity contribution >= 4 is 0 Å². The standard InChI is InChI=1S/C18H31NO/c1-17(2,3)15-9-7-14(8-10-15)16(20)18(13-19)11-5-4-6-12-18/h14-16,20H,4-12H2,1-3H3. The Balaban J connectivity index is 1.97. The Kier molecular flexibility index (Phi) is 4.80. The van der Waals surface area contributed by atoms with E-state index < -0.39 is 11.5 Å². The van der Waals surface area contributed by atoms with E-state index in [4.69, 9.17) is 0 Å². The minimum Gasteiger partial charge on any atom is -0.391 e. The van der Waals surface area contributed by atoms with Crippen LogP contribution >= 0.6 is 0 Å². The largest absolute Gasteiger partial charge is 0.391 e. The van der Waals surface area contributed by atoms with Crippen molar-refractivity contribution < 1.29 is 5.11 Å². The number of rotatable bonds is 2. The van der Waals surface area contributed by atoms with E-state index >= 15 is 0 Å². The van der Waals surface area contributed by atoms with E-state index in [1.165, 1.54) is 19.3 Å². The summed E-state index contributed by atoms with van der Waals surface area (Å²) in [6.07, 6.45) is 9.51. The summed E-state index contributed by atoms with van der Waals surface area (Å²) >= 11 is 0. The molecule has 0 radical (unpaired) electrons. The molecule has 114 valence electrons. The molecule has 1 N–H and O–H groups in total. The third kappa shape index (κ3) is 3.19. The van der Waals surface area contributed by atoms with Gasteiger partial charge in [-0.25, -0.2) is 0 Å². The van der Waals surface area contributed by atoms with Crippen LogP contribution in [0.4, 0.5) is 0 Å². The van der Waals surface area contributed by atoms with Crippen LogP contribution < -0.4 is 0 Å². The molecule has 0 aromatic rings. The van der Waals surface area contributed by atoms with Gasteiger partial charge in [0.1, 0.15) is 0 Å². The molecule has 0 amide bonds. The van der Waals surface area contributed by atoms with Crippen LogP contribution in [0, 0.1) is 34.0 Å². The molecule has 0 heterocycles. The average Bonchev–Trinajstić information content (AvgIpc) is 2.46. The zero-order chi connectivity index (χ0) is 14.8. The van der Waals surface area contributed by atoms with Crippen LogP contribution in [0.15, 0.2) is 0 Å². The Hall–Kier alpha value is -0.550. The summed E-state index contributed by atoms with van der Waals surface area (Å²) in [4.78, 5) is 0. The molecular formula is C18H31NO. The number of aliphatic hydroxyl groups is 1. The van der Waals surface area contributed by atoms with E-state index in [2.05, 4.69) is 26.8 Å². The fraction of sp³-hybridized carbons (Fsp3) is 0.944. The van der Waals surface area contributed by atoms with Crippen molar-refractivity contribution in [2.24, 2.45) is 22.7 Å². The Morgan fingerprint density at radius 3 is 2.05 bits per heavy atom. The van der Waals surface area contributed by atoms with Crippen molar-refractivity contribution in [3.8, 4) is 6.07 Å². The van der Waals surface area contributed by atoms with Crippen molar-refractivity contribution in [3.05, 3.63) is 0 Å². The van der Waals surface area contributed by atoms with Crippen molar-refractivity contribution in [3.63, 3.8) is 0 Å². The highest BCUT2D eigenvalue weighted by molar-refractivity contribution is 5.07. The molecule has 0 spiro atoms. The van der Waals surface area contributed by atoms with Gasteiger partial charge in [0.25, 0.3) is 0 Å². The maximum atomic E-state index is 10.8. The van der Waals surface area contributed by atoms with Gasteiger partial charge in [0.15, 0.2) is 0 Å². The molecule has 2 heteroatoms. The molecule has 2 fully saturated rings. The van der Waals surface area contributed by atoms with Crippen LogP contribution in [0.2, 0.25) is 0 Å². The summed E-state index contributed by atoms with van der Waals surface area (Å²) in [5, 5.41) is 20.4. The Bertz CT molecular complexity index is 349.